The van der Waals surface area contributed by atoms with Gasteiger partial charge in [-0.25, -0.2) is 9.59 Å². The zero-order valence-electron chi connectivity index (χ0n) is 11.9. The summed E-state index contributed by atoms with van der Waals surface area (Å²) in [4.78, 5) is 22.9. The van der Waals surface area contributed by atoms with Gasteiger partial charge in [-0.05, 0) is 12.5 Å². The van der Waals surface area contributed by atoms with Gasteiger partial charge < -0.3 is 9.47 Å². The van der Waals surface area contributed by atoms with Crippen molar-refractivity contribution in [3.63, 3.8) is 0 Å². The smallest absolute Gasteiger partial charge is 0.336 e. The molecule has 0 fully saturated rings. The minimum absolute atomic E-state index is 0.0574. The Morgan fingerprint density at radius 2 is 1.64 bits per heavy atom. The van der Waals surface area contributed by atoms with Crippen LogP contribution in [0.2, 0.25) is 15.1 Å². The molecule has 0 saturated carbocycles. The van der Waals surface area contributed by atoms with E-state index in [1.807, 2.05) is 6.92 Å². The highest BCUT2D eigenvalue weighted by atomic mass is 35.5. The molecule has 0 spiro atoms. The third kappa shape index (κ3) is 6.69. The molecule has 0 aliphatic carbocycles. The molecule has 22 heavy (non-hydrogen) atoms. The number of rotatable bonds is 7. The first-order valence-corrected chi connectivity index (χ1v) is 7.78. The van der Waals surface area contributed by atoms with Crippen molar-refractivity contribution < 1.29 is 19.1 Å². The van der Waals surface area contributed by atoms with Gasteiger partial charge in [0.05, 0.1) is 21.7 Å². The second kappa shape index (κ2) is 9.72. The lowest BCUT2D eigenvalue weighted by Gasteiger charge is -2.05. The van der Waals surface area contributed by atoms with Crippen molar-refractivity contribution >= 4 is 46.7 Å². The van der Waals surface area contributed by atoms with E-state index in [1.165, 1.54) is 12.1 Å². The Morgan fingerprint density at radius 1 is 1.00 bits per heavy atom. The SMILES string of the molecule is CCCCCOC(=O)/C=C/C(=O)Oc1cc(Cl)c(Cl)cc1Cl. The van der Waals surface area contributed by atoms with Gasteiger partial charge in [0.15, 0.2) is 5.75 Å². The average molecular weight is 366 g/mol. The van der Waals surface area contributed by atoms with Gasteiger partial charge in [0.2, 0.25) is 0 Å². The Morgan fingerprint density at radius 3 is 2.32 bits per heavy atom. The number of hydrogen-bond acceptors (Lipinski definition) is 4. The topological polar surface area (TPSA) is 52.6 Å². The van der Waals surface area contributed by atoms with Crippen molar-refractivity contribution in [2.24, 2.45) is 0 Å². The average Bonchev–Trinajstić information content (AvgIpc) is 2.47. The first kappa shape index (κ1) is 18.8. The summed E-state index contributed by atoms with van der Waals surface area (Å²) in [6, 6.07) is 2.68. The molecule has 0 unspecified atom stereocenters. The van der Waals surface area contributed by atoms with Crippen LogP contribution in [0.5, 0.6) is 5.75 Å². The summed E-state index contributed by atoms with van der Waals surface area (Å²) in [5, 5.41) is 0.587. The summed E-state index contributed by atoms with van der Waals surface area (Å²) < 4.78 is 9.87. The van der Waals surface area contributed by atoms with Gasteiger partial charge in [0, 0.05) is 18.2 Å². The molecule has 0 aliphatic heterocycles. The van der Waals surface area contributed by atoms with E-state index in [0.29, 0.717) is 6.61 Å². The maximum absolute atomic E-state index is 11.6. The van der Waals surface area contributed by atoms with Crippen molar-refractivity contribution in [2.75, 3.05) is 6.61 Å². The quantitative estimate of drug-likeness (QED) is 0.228. The molecule has 0 saturated heterocycles. The maximum atomic E-state index is 11.6. The number of unbranched alkanes of at least 4 members (excludes halogenated alkanes) is 2. The molecule has 1 rings (SSSR count). The van der Waals surface area contributed by atoms with E-state index >= 15 is 0 Å². The second-order valence-corrected chi connectivity index (χ2v) is 5.55. The number of benzene rings is 1. The molecule has 0 radical (unpaired) electrons. The fourth-order valence-electron chi connectivity index (χ4n) is 1.43. The van der Waals surface area contributed by atoms with E-state index in [4.69, 9.17) is 44.3 Å². The van der Waals surface area contributed by atoms with Gasteiger partial charge in [-0.15, -0.1) is 0 Å². The fraction of sp³-hybridized carbons (Fsp3) is 0.333. The molecule has 0 atom stereocenters. The molecule has 0 aromatic heterocycles. The number of carbonyl (C=O) groups is 2. The summed E-state index contributed by atoms with van der Waals surface area (Å²) in [5.41, 5.74) is 0. The molecule has 7 heteroatoms. The lowest BCUT2D eigenvalue weighted by molar-refractivity contribution is -0.138. The minimum Gasteiger partial charge on any atom is -0.463 e. The zero-order valence-corrected chi connectivity index (χ0v) is 14.2. The molecule has 1 aromatic carbocycles. The van der Waals surface area contributed by atoms with E-state index in [-0.39, 0.29) is 20.8 Å². The maximum Gasteiger partial charge on any atom is 0.336 e. The number of carbonyl (C=O) groups excluding carboxylic acids is 2. The van der Waals surface area contributed by atoms with E-state index < -0.39 is 11.9 Å². The van der Waals surface area contributed by atoms with Crippen LogP contribution in [0.15, 0.2) is 24.3 Å². The third-order valence-corrected chi connectivity index (χ3v) is 3.55. The molecule has 0 heterocycles. The number of hydrogen-bond donors (Lipinski definition) is 0. The predicted molar refractivity (Wildman–Crippen MR) is 86.7 cm³/mol. The molecule has 0 aliphatic rings. The van der Waals surface area contributed by atoms with Gasteiger partial charge in [0.25, 0.3) is 0 Å². The van der Waals surface area contributed by atoms with Crippen LogP contribution in [0, 0.1) is 0 Å². The van der Waals surface area contributed by atoms with Crippen LogP contribution in [0.25, 0.3) is 0 Å². The van der Waals surface area contributed by atoms with Gasteiger partial charge >= 0.3 is 11.9 Å². The largest absolute Gasteiger partial charge is 0.463 e. The van der Waals surface area contributed by atoms with Crippen LogP contribution in [0.3, 0.4) is 0 Å². The molecular formula is C15H15Cl3O4. The van der Waals surface area contributed by atoms with Crippen LogP contribution in [0.1, 0.15) is 26.2 Å². The van der Waals surface area contributed by atoms with Crippen LogP contribution < -0.4 is 4.74 Å². The van der Waals surface area contributed by atoms with Crippen molar-refractivity contribution in [3.05, 3.63) is 39.4 Å². The molecule has 0 N–H and O–H groups in total. The van der Waals surface area contributed by atoms with E-state index in [0.717, 1.165) is 31.4 Å². The fourth-order valence-corrected chi connectivity index (χ4v) is 2.01. The monoisotopic (exact) mass is 364 g/mol. The molecule has 0 bridgehead atoms. The normalized spacial score (nSPS) is 10.7. The Labute approximate surface area is 143 Å². The third-order valence-electron chi connectivity index (χ3n) is 2.53. The van der Waals surface area contributed by atoms with Crippen LogP contribution in [0.4, 0.5) is 0 Å². The van der Waals surface area contributed by atoms with E-state index in [2.05, 4.69) is 0 Å². The Balaban J connectivity index is 2.50. The molecule has 0 amide bonds. The highest BCUT2D eigenvalue weighted by Crippen LogP contribution is 2.33. The highest BCUT2D eigenvalue weighted by Gasteiger charge is 2.10. The van der Waals surface area contributed by atoms with Crippen molar-refractivity contribution in [2.45, 2.75) is 26.2 Å². The van der Waals surface area contributed by atoms with Gasteiger partial charge in [-0.1, -0.05) is 54.6 Å². The Kier molecular flexibility index (Phi) is 8.31. The lowest BCUT2D eigenvalue weighted by Crippen LogP contribution is -2.07. The molecule has 120 valence electrons. The van der Waals surface area contributed by atoms with Crippen molar-refractivity contribution in [1.29, 1.82) is 0 Å². The van der Waals surface area contributed by atoms with Crippen LogP contribution >= 0.6 is 34.8 Å². The standard InChI is InChI=1S/C15H15Cl3O4/c1-2-3-4-7-21-14(19)5-6-15(20)22-13-9-11(17)10(16)8-12(13)18/h5-6,8-9H,2-4,7H2,1H3/b6-5+. The second-order valence-electron chi connectivity index (χ2n) is 4.33. The highest BCUT2D eigenvalue weighted by molar-refractivity contribution is 6.43. The summed E-state index contributed by atoms with van der Waals surface area (Å²) in [5.74, 6) is -1.32. The van der Waals surface area contributed by atoms with Gasteiger partial charge in [-0.3, -0.25) is 0 Å². The zero-order chi connectivity index (χ0) is 16.5. The molecule has 4 nitrogen and oxygen atoms in total. The first-order chi connectivity index (χ1) is 10.4. The number of esters is 2. The Hall–Kier alpha value is -1.23. The summed E-state index contributed by atoms with van der Waals surface area (Å²) in [6.07, 6.45) is 4.76. The van der Waals surface area contributed by atoms with Gasteiger partial charge in [-0.2, -0.15) is 0 Å². The summed E-state index contributed by atoms with van der Waals surface area (Å²) >= 11 is 17.4. The van der Waals surface area contributed by atoms with Crippen molar-refractivity contribution in [1.82, 2.24) is 0 Å². The van der Waals surface area contributed by atoms with Crippen LogP contribution in [-0.4, -0.2) is 18.5 Å². The minimum atomic E-state index is -0.772. The number of ether oxygens (including phenoxy) is 2. The predicted octanol–water partition coefficient (Wildman–Crippen LogP) is 4.84. The first-order valence-electron chi connectivity index (χ1n) is 6.65. The molecular weight excluding hydrogens is 351 g/mol. The summed E-state index contributed by atoms with van der Waals surface area (Å²) in [7, 11) is 0. The summed E-state index contributed by atoms with van der Waals surface area (Å²) in [6.45, 7) is 2.37. The Bertz CT molecular complexity index is 570. The molecule has 1 aromatic rings. The van der Waals surface area contributed by atoms with Crippen LogP contribution in [-0.2, 0) is 14.3 Å². The lowest BCUT2D eigenvalue weighted by atomic mass is 10.3. The van der Waals surface area contributed by atoms with Crippen molar-refractivity contribution in [3.8, 4) is 5.75 Å². The van der Waals surface area contributed by atoms with E-state index in [1.54, 1.807) is 0 Å². The number of halogens is 3. The van der Waals surface area contributed by atoms with E-state index in [9.17, 15) is 9.59 Å². The van der Waals surface area contributed by atoms with Gasteiger partial charge in [0.1, 0.15) is 0 Å².